The van der Waals surface area contributed by atoms with Crippen molar-refractivity contribution in [1.29, 1.82) is 0 Å². The average Bonchev–Trinajstić information content (AvgIpc) is 3.11. The molecule has 23 heavy (non-hydrogen) atoms. The molecule has 3 nitrogen and oxygen atoms in total. The van der Waals surface area contributed by atoms with Crippen LogP contribution in [0.25, 0.3) is 0 Å². The Kier molecular flexibility index (Phi) is 4.65. The van der Waals surface area contributed by atoms with Gasteiger partial charge in [0, 0.05) is 12.1 Å². The minimum Gasteiger partial charge on any atom is -0.496 e. The highest BCUT2D eigenvalue weighted by Crippen LogP contribution is 2.44. The number of carbonyl (C=O) groups excluding carboxylic acids is 1. The van der Waals surface area contributed by atoms with Gasteiger partial charge in [-0.3, -0.25) is 4.79 Å². The predicted octanol–water partition coefficient (Wildman–Crippen LogP) is 4.12. The van der Waals surface area contributed by atoms with Crippen LogP contribution in [0.1, 0.15) is 36.8 Å². The molecule has 3 rings (SSSR count). The summed E-state index contributed by atoms with van der Waals surface area (Å²) in [4.78, 5) is 13.9. The van der Waals surface area contributed by atoms with E-state index in [0.717, 1.165) is 43.4 Å². The number of rotatable bonds is 6. The van der Waals surface area contributed by atoms with E-state index in [4.69, 9.17) is 4.74 Å². The third-order valence-corrected chi connectivity index (χ3v) is 4.95. The number of benzene rings is 2. The van der Waals surface area contributed by atoms with Crippen molar-refractivity contribution >= 4 is 6.41 Å². The van der Waals surface area contributed by atoms with Gasteiger partial charge in [0.15, 0.2) is 0 Å². The zero-order valence-electron chi connectivity index (χ0n) is 13.6. The first-order valence-electron chi connectivity index (χ1n) is 8.19. The summed E-state index contributed by atoms with van der Waals surface area (Å²) < 4.78 is 5.45. The first-order chi connectivity index (χ1) is 11.3. The second kappa shape index (κ2) is 6.86. The van der Waals surface area contributed by atoms with Gasteiger partial charge < -0.3 is 9.64 Å². The number of hydrogen-bond donors (Lipinski definition) is 0. The zero-order chi connectivity index (χ0) is 16.1. The van der Waals surface area contributed by atoms with E-state index < -0.39 is 0 Å². The molecule has 120 valence electrons. The van der Waals surface area contributed by atoms with Crippen LogP contribution in [-0.2, 0) is 16.9 Å². The minimum atomic E-state index is -0.191. The first-order valence-corrected chi connectivity index (χ1v) is 8.19. The van der Waals surface area contributed by atoms with Gasteiger partial charge in [0.2, 0.25) is 6.41 Å². The lowest BCUT2D eigenvalue weighted by molar-refractivity contribution is -0.125. The Hall–Kier alpha value is -2.29. The fourth-order valence-electron chi connectivity index (χ4n) is 3.76. The Labute approximate surface area is 137 Å². The van der Waals surface area contributed by atoms with E-state index in [1.807, 2.05) is 35.2 Å². The van der Waals surface area contributed by atoms with Crippen LogP contribution in [-0.4, -0.2) is 18.4 Å². The monoisotopic (exact) mass is 309 g/mol. The molecule has 0 radical (unpaired) electrons. The van der Waals surface area contributed by atoms with Gasteiger partial charge in [0.1, 0.15) is 5.75 Å². The molecule has 0 saturated heterocycles. The number of amides is 1. The molecule has 0 spiro atoms. The van der Waals surface area contributed by atoms with E-state index in [1.165, 1.54) is 5.56 Å². The lowest BCUT2D eigenvalue weighted by atomic mass is 9.86. The molecule has 0 bridgehead atoms. The van der Waals surface area contributed by atoms with Gasteiger partial charge in [-0.1, -0.05) is 61.4 Å². The standard InChI is InChI=1S/C20H23NO2/c1-23-19-12-6-5-9-17(19)15-21(16-22)20(13-7-8-14-20)18-10-3-2-4-11-18/h2-6,9-12,16H,7-8,13-15H2,1H3. The van der Waals surface area contributed by atoms with Crippen molar-refractivity contribution in [1.82, 2.24) is 4.90 Å². The largest absolute Gasteiger partial charge is 0.496 e. The summed E-state index contributed by atoms with van der Waals surface area (Å²) in [6, 6.07) is 18.3. The van der Waals surface area contributed by atoms with Crippen molar-refractivity contribution in [2.75, 3.05) is 7.11 Å². The second-order valence-electron chi connectivity index (χ2n) is 6.15. The highest BCUT2D eigenvalue weighted by atomic mass is 16.5. The smallest absolute Gasteiger partial charge is 0.210 e. The average molecular weight is 309 g/mol. The summed E-state index contributed by atoms with van der Waals surface area (Å²) in [6.45, 7) is 0.572. The minimum absolute atomic E-state index is 0.191. The van der Waals surface area contributed by atoms with E-state index in [-0.39, 0.29) is 5.54 Å². The zero-order valence-corrected chi connectivity index (χ0v) is 13.6. The number of methoxy groups -OCH3 is 1. The van der Waals surface area contributed by atoms with Gasteiger partial charge in [0.05, 0.1) is 12.6 Å². The summed E-state index contributed by atoms with van der Waals surface area (Å²) >= 11 is 0. The van der Waals surface area contributed by atoms with Crippen molar-refractivity contribution in [3.05, 3.63) is 65.7 Å². The summed E-state index contributed by atoms with van der Waals surface area (Å²) in [5.74, 6) is 0.834. The Balaban J connectivity index is 1.96. The second-order valence-corrected chi connectivity index (χ2v) is 6.15. The lowest BCUT2D eigenvalue weighted by Crippen LogP contribution is -2.43. The molecular weight excluding hydrogens is 286 g/mol. The van der Waals surface area contributed by atoms with Crippen LogP contribution < -0.4 is 4.74 Å². The van der Waals surface area contributed by atoms with Crippen LogP contribution in [0.2, 0.25) is 0 Å². The van der Waals surface area contributed by atoms with E-state index in [0.29, 0.717) is 6.54 Å². The van der Waals surface area contributed by atoms with Crippen LogP contribution in [0.4, 0.5) is 0 Å². The third-order valence-electron chi connectivity index (χ3n) is 4.95. The van der Waals surface area contributed by atoms with Gasteiger partial charge >= 0.3 is 0 Å². The molecule has 1 amide bonds. The maximum atomic E-state index is 12.0. The molecule has 0 atom stereocenters. The van der Waals surface area contributed by atoms with E-state index in [1.54, 1.807) is 7.11 Å². The molecule has 1 saturated carbocycles. The molecule has 0 aliphatic heterocycles. The molecule has 0 aromatic heterocycles. The summed E-state index contributed by atoms with van der Waals surface area (Å²) in [5, 5.41) is 0. The predicted molar refractivity (Wildman–Crippen MR) is 91.2 cm³/mol. The van der Waals surface area contributed by atoms with Gasteiger partial charge in [0.25, 0.3) is 0 Å². The van der Waals surface area contributed by atoms with Gasteiger partial charge in [-0.25, -0.2) is 0 Å². The molecular formula is C20H23NO2. The Morgan fingerprint density at radius 3 is 2.35 bits per heavy atom. The summed E-state index contributed by atoms with van der Waals surface area (Å²) in [5.41, 5.74) is 2.09. The number of para-hydroxylation sites is 1. The Morgan fingerprint density at radius 1 is 1.04 bits per heavy atom. The van der Waals surface area contributed by atoms with Crippen LogP contribution in [0.5, 0.6) is 5.75 Å². The molecule has 0 unspecified atom stereocenters. The SMILES string of the molecule is COc1ccccc1CN(C=O)C1(c2ccccc2)CCCC1. The van der Waals surface area contributed by atoms with E-state index in [9.17, 15) is 4.79 Å². The Bertz CT molecular complexity index is 648. The normalized spacial score (nSPS) is 16.0. The number of nitrogens with zero attached hydrogens (tertiary/aromatic N) is 1. The fourth-order valence-corrected chi connectivity index (χ4v) is 3.76. The highest BCUT2D eigenvalue weighted by molar-refractivity contribution is 5.52. The number of ether oxygens (including phenoxy) is 1. The van der Waals surface area contributed by atoms with Gasteiger partial charge in [-0.2, -0.15) is 0 Å². The summed E-state index contributed by atoms with van der Waals surface area (Å²) in [6.07, 6.45) is 5.36. The topological polar surface area (TPSA) is 29.5 Å². The molecule has 1 aliphatic rings. The van der Waals surface area contributed by atoms with Crippen LogP contribution >= 0.6 is 0 Å². The highest BCUT2D eigenvalue weighted by Gasteiger charge is 2.40. The molecule has 2 aromatic rings. The number of hydrogen-bond acceptors (Lipinski definition) is 2. The lowest BCUT2D eigenvalue weighted by Gasteiger charge is -2.40. The quantitative estimate of drug-likeness (QED) is 0.751. The van der Waals surface area contributed by atoms with E-state index >= 15 is 0 Å². The van der Waals surface area contributed by atoms with Crippen LogP contribution in [0, 0.1) is 0 Å². The van der Waals surface area contributed by atoms with Crippen molar-refractivity contribution in [3.8, 4) is 5.75 Å². The van der Waals surface area contributed by atoms with Crippen molar-refractivity contribution in [2.45, 2.75) is 37.8 Å². The molecule has 3 heteroatoms. The third kappa shape index (κ3) is 2.96. The van der Waals surface area contributed by atoms with Crippen molar-refractivity contribution < 1.29 is 9.53 Å². The van der Waals surface area contributed by atoms with Gasteiger partial charge in [-0.05, 0) is 24.5 Å². The van der Waals surface area contributed by atoms with Crippen LogP contribution in [0.15, 0.2) is 54.6 Å². The first kappa shape index (κ1) is 15.6. The maximum Gasteiger partial charge on any atom is 0.210 e. The van der Waals surface area contributed by atoms with Gasteiger partial charge in [-0.15, -0.1) is 0 Å². The van der Waals surface area contributed by atoms with Crippen LogP contribution in [0.3, 0.4) is 0 Å². The van der Waals surface area contributed by atoms with Crippen molar-refractivity contribution in [2.24, 2.45) is 0 Å². The molecule has 2 aromatic carbocycles. The molecule has 0 heterocycles. The van der Waals surface area contributed by atoms with Crippen molar-refractivity contribution in [3.63, 3.8) is 0 Å². The molecule has 1 aliphatic carbocycles. The molecule has 1 fully saturated rings. The maximum absolute atomic E-state index is 12.0. The van der Waals surface area contributed by atoms with E-state index in [2.05, 4.69) is 24.3 Å². The fraction of sp³-hybridized carbons (Fsp3) is 0.350. The number of carbonyl (C=O) groups is 1. The Morgan fingerprint density at radius 2 is 1.70 bits per heavy atom. The summed E-state index contributed by atoms with van der Waals surface area (Å²) in [7, 11) is 1.67. The molecule has 0 N–H and O–H groups in total.